The number of nitrogens with zero attached hydrogens (tertiary/aromatic N) is 2. The first kappa shape index (κ1) is 8.04. The van der Waals surface area contributed by atoms with Crippen LogP contribution in [0.2, 0.25) is 0 Å². The van der Waals surface area contributed by atoms with Gasteiger partial charge in [0, 0.05) is 5.39 Å². The maximum absolute atomic E-state index is 11.6. The van der Waals surface area contributed by atoms with Gasteiger partial charge < -0.3 is 4.42 Å². The molecule has 0 radical (unpaired) electrons. The Hall–Kier alpha value is -1.58. The molecule has 68 valence electrons. The standard InChI is InChI=1S/C9H10N2O2/c1-6(2)11-9(12)8-7(5-10-11)3-4-13-8/h3-6H,1-2H3. The molecule has 4 nitrogen and oxygen atoms in total. The van der Waals surface area contributed by atoms with Crippen LogP contribution in [0.25, 0.3) is 11.0 Å². The van der Waals surface area contributed by atoms with Gasteiger partial charge in [0.1, 0.15) is 0 Å². The van der Waals surface area contributed by atoms with E-state index in [-0.39, 0.29) is 11.6 Å². The van der Waals surface area contributed by atoms with Crippen molar-refractivity contribution in [3.05, 3.63) is 28.9 Å². The minimum absolute atomic E-state index is 0.0574. The van der Waals surface area contributed by atoms with Gasteiger partial charge in [-0.25, -0.2) is 4.68 Å². The van der Waals surface area contributed by atoms with Crippen molar-refractivity contribution in [2.24, 2.45) is 0 Å². The van der Waals surface area contributed by atoms with Crippen LogP contribution in [-0.4, -0.2) is 9.78 Å². The van der Waals surface area contributed by atoms with E-state index in [4.69, 9.17) is 4.42 Å². The average molecular weight is 178 g/mol. The molecule has 0 saturated carbocycles. The smallest absolute Gasteiger partial charge is 0.310 e. The summed E-state index contributed by atoms with van der Waals surface area (Å²) in [6.07, 6.45) is 3.14. The van der Waals surface area contributed by atoms with Crippen molar-refractivity contribution in [3.8, 4) is 0 Å². The van der Waals surface area contributed by atoms with Gasteiger partial charge in [0.15, 0.2) is 0 Å². The number of hydrogen-bond donors (Lipinski definition) is 0. The maximum Gasteiger partial charge on any atom is 0.310 e. The summed E-state index contributed by atoms with van der Waals surface area (Å²) in [4.78, 5) is 11.6. The molecule has 0 aromatic carbocycles. The van der Waals surface area contributed by atoms with Gasteiger partial charge in [-0.3, -0.25) is 4.79 Å². The summed E-state index contributed by atoms with van der Waals surface area (Å²) in [5, 5.41) is 4.77. The van der Waals surface area contributed by atoms with Crippen LogP contribution in [0.4, 0.5) is 0 Å². The second-order valence-electron chi connectivity index (χ2n) is 3.19. The summed E-state index contributed by atoms with van der Waals surface area (Å²) >= 11 is 0. The van der Waals surface area contributed by atoms with E-state index in [1.165, 1.54) is 10.9 Å². The van der Waals surface area contributed by atoms with Crippen molar-refractivity contribution >= 4 is 11.0 Å². The largest absolute Gasteiger partial charge is 0.458 e. The summed E-state index contributed by atoms with van der Waals surface area (Å²) in [5.74, 6) is 0. The normalized spacial score (nSPS) is 11.3. The highest BCUT2D eigenvalue weighted by Gasteiger charge is 2.08. The Bertz CT molecular complexity index is 482. The number of aromatic nitrogens is 2. The molecule has 2 aromatic heterocycles. The molecule has 0 N–H and O–H groups in total. The summed E-state index contributed by atoms with van der Waals surface area (Å²) in [7, 11) is 0. The van der Waals surface area contributed by atoms with Crippen molar-refractivity contribution in [1.29, 1.82) is 0 Å². The maximum atomic E-state index is 11.6. The molecular formula is C9H10N2O2. The van der Waals surface area contributed by atoms with E-state index in [1.807, 2.05) is 13.8 Å². The highest BCUT2D eigenvalue weighted by Crippen LogP contribution is 2.09. The first-order valence-electron chi connectivity index (χ1n) is 4.15. The topological polar surface area (TPSA) is 48.0 Å². The second kappa shape index (κ2) is 2.73. The van der Waals surface area contributed by atoms with Gasteiger partial charge in [-0.1, -0.05) is 0 Å². The van der Waals surface area contributed by atoms with E-state index in [1.54, 1.807) is 12.3 Å². The van der Waals surface area contributed by atoms with Crippen molar-refractivity contribution < 1.29 is 4.42 Å². The van der Waals surface area contributed by atoms with Crippen LogP contribution in [0.5, 0.6) is 0 Å². The highest BCUT2D eigenvalue weighted by atomic mass is 16.3. The zero-order chi connectivity index (χ0) is 9.42. The average Bonchev–Trinajstić information content (AvgIpc) is 2.52. The van der Waals surface area contributed by atoms with Gasteiger partial charge in [0.2, 0.25) is 5.58 Å². The van der Waals surface area contributed by atoms with E-state index in [2.05, 4.69) is 5.10 Å². The Morgan fingerprint density at radius 3 is 3.00 bits per heavy atom. The lowest BCUT2D eigenvalue weighted by atomic mass is 10.3. The number of furan rings is 1. The lowest BCUT2D eigenvalue weighted by Crippen LogP contribution is -2.23. The molecule has 0 aliphatic heterocycles. The third-order valence-electron chi connectivity index (χ3n) is 1.91. The van der Waals surface area contributed by atoms with Crippen LogP contribution in [0.15, 0.2) is 27.7 Å². The van der Waals surface area contributed by atoms with Crippen LogP contribution >= 0.6 is 0 Å². The van der Waals surface area contributed by atoms with Crippen molar-refractivity contribution in [3.63, 3.8) is 0 Å². The van der Waals surface area contributed by atoms with E-state index >= 15 is 0 Å². The van der Waals surface area contributed by atoms with Gasteiger partial charge in [0.25, 0.3) is 0 Å². The molecule has 2 aromatic rings. The van der Waals surface area contributed by atoms with Gasteiger partial charge in [-0.2, -0.15) is 5.10 Å². The molecule has 4 heteroatoms. The molecule has 2 rings (SSSR count). The molecule has 0 aliphatic carbocycles. The molecule has 0 amide bonds. The lowest BCUT2D eigenvalue weighted by molar-refractivity contribution is 0.496. The summed E-state index contributed by atoms with van der Waals surface area (Å²) < 4.78 is 6.47. The predicted octanol–water partition coefficient (Wildman–Crippen LogP) is 1.57. The zero-order valence-electron chi connectivity index (χ0n) is 7.52. The van der Waals surface area contributed by atoms with E-state index < -0.39 is 0 Å². The van der Waals surface area contributed by atoms with Crippen molar-refractivity contribution in [2.75, 3.05) is 0 Å². The Morgan fingerprint density at radius 1 is 1.54 bits per heavy atom. The van der Waals surface area contributed by atoms with E-state index in [0.717, 1.165) is 5.39 Å². The fraction of sp³-hybridized carbons (Fsp3) is 0.333. The fourth-order valence-electron chi connectivity index (χ4n) is 1.24. The van der Waals surface area contributed by atoms with Gasteiger partial charge in [-0.05, 0) is 19.9 Å². The molecule has 0 unspecified atom stereocenters. The van der Waals surface area contributed by atoms with Crippen LogP contribution in [-0.2, 0) is 0 Å². The Balaban J connectivity index is 2.81. The SMILES string of the molecule is CC(C)n1ncc2ccoc2c1=O. The molecule has 0 fully saturated rings. The number of rotatable bonds is 1. The minimum atomic E-state index is -0.169. The number of fused-ring (bicyclic) bond motifs is 1. The molecule has 2 heterocycles. The highest BCUT2D eigenvalue weighted by molar-refractivity contribution is 5.74. The van der Waals surface area contributed by atoms with Crippen molar-refractivity contribution in [1.82, 2.24) is 9.78 Å². The van der Waals surface area contributed by atoms with Crippen LogP contribution in [0, 0.1) is 0 Å². The Morgan fingerprint density at radius 2 is 2.31 bits per heavy atom. The minimum Gasteiger partial charge on any atom is -0.458 e. The van der Waals surface area contributed by atoms with Crippen LogP contribution < -0.4 is 5.56 Å². The molecule has 13 heavy (non-hydrogen) atoms. The first-order chi connectivity index (χ1) is 6.20. The monoisotopic (exact) mass is 178 g/mol. The summed E-state index contributed by atoms with van der Waals surface area (Å²) in [6, 6.07) is 1.79. The first-order valence-corrected chi connectivity index (χ1v) is 4.15. The predicted molar refractivity (Wildman–Crippen MR) is 48.7 cm³/mol. The number of hydrogen-bond acceptors (Lipinski definition) is 3. The molecule has 0 saturated heterocycles. The van der Waals surface area contributed by atoms with E-state index in [0.29, 0.717) is 5.58 Å². The van der Waals surface area contributed by atoms with Gasteiger partial charge >= 0.3 is 5.56 Å². The molecule has 0 atom stereocenters. The third-order valence-corrected chi connectivity index (χ3v) is 1.91. The Labute approximate surface area is 74.8 Å². The van der Waals surface area contributed by atoms with Crippen molar-refractivity contribution in [2.45, 2.75) is 19.9 Å². The summed E-state index contributed by atoms with van der Waals surface area (Å²) in [5.41, 5.74) is 0.209. The van der Waals surface area contributed by atoms with Crippen LogP contribution in [0.3, 0.4) is 0 Å². The fourth-order valence-corrected chi connectivity index (χ4v) is 1.24. The molecule has 0 aliphatic rings. The molecule has 0 bridgehead atoms. The third kappa shape index (κ3) is 1.14. The quantitative estimate of drug-likeness (QED) is 0.665. The van der Waals surface area contributed by atoms with Gasteiger partial charge in [0.05, 0.1) is 18.5 Å². The van der Waals surface area contributed by atoms with Crippen LogP contribution in [0.1, 0.15) is 19.9 Å². The van der Waals surface area contributed by atoms with Gasteiger partial charge in [-0.15, -0.1) is 0 Å². The lowest BCUT2D eigenvalue weighted by Gasteiger charge is -2.05. The zero-order valence-corrected chi connectivity index (χ0v) is 7.52. The molecular weight excluding hydrogens is 168 g/mol. The second-order valence-corrected chi connectivity index (χ2v) is 3.19. The Kier molecular flexibility index (Phi) is 1.69. The molecule has 0 spiro atoms. The van der Waals surface area contributed by atoms with E-state index in [9.17, 15) is 4.79 Å². The summed E-state index contributed by atoms with van der Waals surface area (Å²) in [6.45, 7) is 3.81.